The summed E-state index contributed by atoms with van der Waals surface area (Å²) in [4.78, 5) is 28.0. The zero-order valence-electron chi connectivity index (χ0n) is 23.2. The summed E-state index contributed by atoms with van der Waals surface area (Å²) in [6, 6.07) is 11.8. The molecule has 0 fully saturated rings. The van der Waals surface area contributed by atoms with Crippen molar-refractivity contribution in [3.63, 3.8) is 0 Å². The van der Waals surface area contributed by atoms with Crippen molar-refractivity contribution in [2.75, 3.05) is 23.7 Å². The van der Waals surface area contributed by atoms with E-state index < -0.39 is 21.6 Å². The Morgan fingerprint density at radius 3 is 2.13 bits per heavy atom. The van der Waals surface area contributed by atoms with E-state index in [4.69, 9.17) is 4.74 Å². The molecule has 0 radical (unpaired) electrons. The highest BCUT2D eigenvalue weighted by Crippen LogP contribution is 2.23. The van der Waals surface area contributed by atoms with Crippen molar-refractivity contribution in [3.05, 3.63) is 59.9 Å². The van der Waals surface area contributed by atoms with Crippen LogP contribution in [0.5, 0.6) is 5.75 Å². The fourth-order valence-electron chi connectivity index (χ4n) is 4.04. The lowest BCUT2D eigenvalue weighted by molar-refractivity contribution is -0.142. The molecule has 0 saturated carbocycles. The van der Waals surface area contributed by atoms with Crippen LogP contribution in [0.3, 0.4) is 0 Å². The molecule has 8 nitrogen and oxygen atoms in total. The summed E-state index contributed by atoms with van der Waals surface area (Å²) in [6.07, 6.45) is 1.78. The molecule has 0 aliphatic rings. The van der Waals surface area contributed by atoms with E-state index in [1.165, 1.54) is 21.3 Å². The summed E-state index contributed by atoms with van der Waals surface area (Å²) >= 11 is 0. The van der Waals surface area contributed by atoms with E-state index >= 15 is 0 Å². The Morgan fingerprint density at radius 1 is 1.03 bits per heavy atom. The lowest BCUT2D eigenvalue weighted by Crippen LogP contribution is -2.53. The summed E-state index contributed by atoms with van der Waals surface area (Å²) < 4.78 is 45.2. The number of rotatable bonds is 13. The number of carbonyl (C=O) groups is 2. The minimum absolute atomic E-state index is 0.0313. The lowest BCUT2D eigenvalue weighted by Gasteiger charge is -2.33. The van der Waals surface area contributed by atoms with Crippen molar-refractivity contribution in [3.8, 4) is 5.75 Å². The molecule has 38 heavy (non-hydrogen) atoms. The van der Waals surface area contributed by atoms with Gasteiger partial charge in [-0.05, 0) is 82.5 Å². The van der Waals surface area contributed by atoms with Gasteiger partial charge in [0, 0.05) is 25.0 Å². The summed E-state index contributed by atoms with van der Waals surface area (Å²) in [5.41, 5.74) is 0.680. The number of ether oxygens (including phenoxy) is 1. The summed E-state index contributed by atoms with van der Waals surface area (Å²) in [5.74, 6) is -0.317. The highest BCUT2D eigenvalue weighted by molar-refractivity contribution is 7.92. The number of hydrogen-bond donors (Lipinski definition) is 1. The molecule has 0 saturated heterocycles. The maximum Gasteiger partial charge on any atom is 0.243 e. The van der Waals surface area contributed by atoms with Crippen LogP contribution in [0.15, 0.2) is 48.5 Å². The van der Waals surface area contributed by atoms with E-state index in [-0.39, 0.29) is 43.6 Å². The largest absolute Gasteiger partial charge is 0.494 e. The third kappa shape index (κ3) is 9.63. The maximum absolute atomic E-state index is 13.5. The Labute approximate surface area is 226 Å². The van der Waals surface area contributed by atoms with Gasteiger partial charge >= 0.3 is 0 Å². The van der Waals surface area contributed by atoms with Gasteiger partial charge in [0.2, 0.25) is 21.8 Å². The monoisotopic (exact) mass is 549 g/mol. The Bertz CT molecular complexity index is 1160. The molecule has 2 amide bonds. The minimum Gasteiger partial charge on any atom is -0.494 e. The van der Waals surface area contributed by atoms with Gasteiger partial charge < -0.3 is 15.0 Å². The summed E-state index contributed by atoms with van der Waals surface area (Å²) in [6.45, 7) is 10.0. The van der Waals surface area contributed by atoms with Crippen molar-refractivity contribution >= 4 is 27.5 Å². The van der Waals surface area contributed by atoms with Gasteiger partial charge in [-0.2, -0.15) is 0 Å². The molecule has 0 heterocycles. The Hall–Kier alpha value is -3.14. The first kappa shape index (κ1) is 31.1. The van der Waals surface area contributed by atoms with E-state index in [1.54, 1.807) is 36.4 Å². The van der Waals surface area contributed by atoms with E-state index in [0.29, 0.717) is 30.0 Å². The van der Waals surface area contributed by atoms with Crippen LogP contribution in [0.4, 0.5) is 10.1 Å². The van der Waals surface area contributed by atoms with Crippen molar-refractivity contribution in [1.29, 1.82) is 0 Å². The quantitative estimate of drug-likeness (QED) is 0.397. The highest BCUT2D eigenvalue weighted by atomic mass is 32.2. The molecule has 1 atom stereocenters. The smallest absolute Gasteiger partial charge is 0.243 e. The topological polar surface area (TPSA) is 96.0 Å². The van der Waals surface area contributed by atoms with Gasteiger partial charge in [-0.3, -0.25) is 13.9 Å². The number of nitrogens with one attached hydrogen (secondary N) is 1. The van der Waals surface area contributed by atoms with Gasteiger partial charge in [0.1, 0.15) is 17.6 Å². The first-order chi connectivity index (χ1) is 17.7. The number of nitrogens with zero attached hydrogens (tertiary/aromatic N) is 2. The van der Waals surface area contributed by atoms with Gasteiger partial charge in [0.05, 0.1) is 18.6 Å². The van der Waals surface area contributed by atoms with Gasteiger partial charge in [-0.15, -0.1) is 0 Å². The highest BCUT2D eigenvalue weighted by Gasteiger charge is 2.30. The van der Waals surface area contributed by atoms with E-state index in [9.17, 15) is 22.4 Å². The van der Waals surface area contributed by atoms with Gasteiger partial charge in [0.15, 0.2) is 0 Å². The van der Waals surface area contributed by atoms with Crippen LogP contribution in [-0.2, 0) is 26.2 Å². The van der Waals surface area contributed by atoms with Crippen LogP contribution in [-0.4, -0.2) is 56.1 Å². The van der Waals surface area contributed by atoms with E-state index in [1.807, 2.05) is 34.6 Å². The fourth-order valence-corrected chi connectivity index (χ4v) is 5.00. The second-order valence-electron chi connectivity index (χ2n) is 10.2. The van der Waals surface area contributed by atoms with Crippen LogP contribution in [0.1, 0.15) is 59.4 Å². The number of anilines is 1. The van der Waals surface area contributed by atoms with Gasteiger partial charge in [0.25, 0.3) is 0 Å². The molecule has 210 valence electrons. The number of benzene rings is 2. The third-order valence-electron chi connectivity index (χ3n) is 5.74. The molecule has 2 aromatic carbocycles. The molecule has 0 bridgehead atoms. The standard InChI is InChI=1S/C28H40FN3O5S/c1-7-25(27(34)30-28(3,4)5)31(20-21-11-13-22(29)14-12-21)26(33)10-9-19-32(38(6,35)36)23-15-17-24(18-16-23)37-8-2/h11-18,25H,7-10,19-20H2,1-6H3,(H,30,34). The fraction of sp³-hybridized carbons (Fsp3) is 0.500. The van der Waals surface area contributed by atoms with Crippen LogP contribution < -0.4 is 14.4 Å². The molecular formula is C28H40FN3O5S. The molecule has 0 aromatic heterocycles. The van der Waals surface area contributed by atoms with E-state index in [0.717, 1.165) is 6.26 Å². The number of hydrogen-bond acceptors (Lipinski definition) is 5. The molecule has 2 rings (SSSR count). The Balaban J connectivity index is 2.21. The number of halogens is 1. The van der Waals surface area contributed by atoms with Crippen molar-refractivity contribution in [2.24, 2.45) is 0 Å². The first-order valence-corrected chi connectivity index (χ1v) is 14.7. The maximum atomic E-state index is 13.5. The molecule has 1 N–H and O–H groups in total. The zero-order chi connectivity index (χ0) is 28.5. The first-order valence-electron chi connectivity index (χ1n) is 12.8. The second-order valence-corrected chi connectivity index (χ2v) is 12.1. The van der Waals surface area contributed by atoms with Crippen molar-refractivity contribution < 1.29 is 27.1 Å². The summed E-state index contributed by atoms with van der Waals surface area (Å²) in [7, 11) is -3.60. The van der Waals surface area contributed by atoms with Gasteiger partial charge in [-0.25, -0.2) is 12.8 Å². The molecule has 1 unspecified atom stereocenters. The van der Waals surface area contributed by atoms with Crippen LogP contribution >= 0.6 is 0 Å². The van der Waals surface area contributed by atoms with Crippen LogP contribution in [0, 0.1) is 5.82 Å². The van der Waals surface area contributed by atoms with Gasteiger partial charge in [-0.1, -0.05) is 19.1 Å². The molecule has 2 aromatic rings. The molecule has 10 heteroatoms. The Morgan fingerprint density at radius 2 is 1.63 bits per heavy atom. The van der Waals surface area contributed by atoms with Crippen molar-refractivity contribution in [2.45, 2.75) is 72.0 Å². The summed E-state index contributed by atoms with van der Waals surface area (Å²) in [5, 5.41) is 2.94. The number of carbonyl (C=O) groups excluding carboxylic acids is 2. The predicted octanol–water partition coefficient (Wildman–Crippen LogP) is 4.49. The van der Waals surface area contributed by atoms with E-state index in [2.05, 4.69) is 5.32 Å². The van der Waals surface area contributed by atoms with Crippen LogP contribution in [0.25, 0.3) is 0 Å². The Kier molecular flexibility index (Phi) is 11.1. The van der Waals surface area contributed by atoms with Crippen molar-refractivity contribution in [1.82, 2.24) is 10.2 Å². The third-order valence-corrected chi connectivity index (χ3v) is 6.93. The normalized spacial score (nSPS) is 12.5. The zero-order valence-corrected chi connectivity index (χ0v) is 24.0. The average Bonchev–Trinajstić information content (AvgIpc) is 2.82. The van der Waals surface area contributed by atoms with Crippen LogP contribution in [0.2, 0.25) is 0 Å². The molecule has 0 spiro atoms. The molecule has 0 aliphatic carbocycles. The molecular weight excluding hydrogens is 509 g/mol. The average molecular weight is 550 g/mol. The molecule has 0 aliphatic heterocycles. The lowest BCUT2D eigenvalue weighted by atomic mass is 10.0. The number of sulfonamides is 1. The number of amides is 2. The SMILES string of the molecule is CCOc1ccc(N(CCCC(=O)N(Cc2ccc(F)cc2)C(CC)C(=O)NC(C)(C)C)S(C)(=O)=O)cc1. The minimum atomic E-state index is -3.60. The predicted molar refractivity (Wildman–Crippen MR) is 148 cm³/mol. The second kappa shape index (κ2) is 13.6.